The predicted molar refractivity (Wildman–Crippen MR) is 85.2 cm³/mol. The van der Waals surface area contributed by atoms with Crippen LogP contribution < -0.4 is 5.32 Å². The number of carbonyl (C=O) groups excluding carboxylic acids is 2. The van der Waals surface area contributed by atoms with Gasteiger partial charge in [0.2, 0.25) is 5.91 Å². The van der Waals surface area contributed by atoms with Gasteiger partial charge < -0.3 is 10.1 Å². The standard InChI is InChI=1S/C16H20N4O3/c1-11-3-4-12(2)13(9-11)14(21)10-18-15(22)16(19-20-17)5-7-23-8-6-16/h3-4,9H,5-8,10H2,1-2H3,(H,18,22). The molecule has 0 atom stereocenters. The maximum Gasteiger partial charge on any atom is 0.232 e. The Balaban J connectivity index is 2.06. The molecule has 1 aliphatic rings. The van der Waals surface area contributed by atoms with Gasteiger partial charge in [0.25, 0.3) is 0 Å². The zero-order valence-corrected chi connectivity index (χ0v) is 13.3. The first kappa shape index (κ1) is 17.0. The van der Waals surface area contributed by atoms with E-state index in [-0.39, 0.29) is 12.3 Å². The highest BCUT2D eigenvalue weighted by Gasteiger charge is 2.39. The van der Waals surface area contributed by atoms with Crippen LogP contribution in [0.3, 0.4) is 0 Å². The molecule has 122 valence electrons. The second-order valence-corrected chi connectivity index (χ2v) is 5.76. The SMILES string of the molecule is Cc1ccc(C)c(C(=O)CNC(=O)C2(N=[N+]=[N-])CCOCC2)c1. The van der Waals surface area contributed by atoms with Crippen molar-refractivity contribution in [2.24, 2.45) is 5.11 Å². The van der Waals surface area contributed by atoms with E-state index in [1.807, 2.05) is 32.0 Å². The fraction of sp³-hybridized carbons (Fsp3) is 0.500. The number of hydrogen-bond acceptors (Lipinski definition) is 4. The van der Waals surface area contributed by atoms with Crippen molar-refractivity contribution < 1.29 is 14.3 Å². The summed E-state index contributed by atoms with van der Waals surface area (Å²) < 4.78 is 5.21. The Morgan fingerprint density at radius 3 is 2.70 bits per heavy atom. The molecule has 0 unspecified atom stereocenters. The van der Waals surface area contributed by atoms with Crippen molar-refractivity contribution in [2.75, 3.05) is 19.8 Å². The maximum absolute atomic E-state index is 12.4. The summed E-state index contributed by atoms with van der Waals surface area (Å²) in [5.74, 6) is -0.583. The van der Waals surface area contributed by atoms with E-state index in [4.69, 9.17) is 10.3 Å². The molecule has 0 radical (unpaired) electrons. The topological polar surface area (TPSA) is 104 Å². The Morgan fingerprint density at radius 2 is 2.04 bits per heavy atom. The van der Waals surface area contributed by atoms with Crippen molar-refractivity contribution in [3.63, 3.8) is 0 Å². The van der Waals surface area contributed by atoms with E-state index in [9.17, 15) is 9.59 Å². The molecule has 2 rings (SSSR count). The summed E-state index contributed by atoms with van der Waals surface area (Å²) in [5, 5.41) is 6.29. The molecule has 1 fully saturated rings. The number of nitrogens with one attached hydrogen (secondary N) is 1. The van der Waals surface area contributed by atoms with E-state index >= 15 is 0 Å². The molecule has 1 N–H and O–H groups in total. The van der Waals surface area contributed by atoms with Crippen LogP contribution in [-0.2, 0) is 9.53 Å². The summed E-state index contributed by atoms with van der Waals surface area (Å²) in [7, 11) is 0. The lowest BCUT2D eigenvalue weighted by Crippen LogP contribution is -2.49. The summed E-state index contributed by atoms with van der Waals surface area (Å²) in [6.07, 6.45) is 0.640. The van der Waals surface area contributed by atoms with Gasteiger partial charge in [-0.15, -0.1) is 0 Å². The monoisotopic (exact) mass is 316 g/mol. The number of hydrogen-bond donors (Lipinski definition) is 1. The van der Waals surface area contributed by atoms with Gasteiger partial charge in [-0.25, -0.2) is 0 Å². The number of ether oxygens (including phenoxy) is 1. The molecule has 0 bridgehead atoms. The van der Waals surface area contributed by atoms with Gasteiger partial charge in [-0.2, -0.15) is 0 Å². The molecule has 1 aromatic carbocycles. The second kappa shape index (κ2) is 7.26. The van der Waals surface area contributed by atoms with Crippen molar-refractivity contribution in [2.45, 2.75) is 32.2 Å². The maximum atomic E-state index is 12.4. The Bertz CT molecular complexity index is 659. The Labute approximate surface area is 134 Å². The van der Waals surface area contributed by atoms with Crippen LogP contribution in [0.4, 0.5) is 0 Å². The highest BCUT2D eigenvalue weighted by Crippen LogP contribution is 2.25. The minimum absolute atomic E-state index is 0.118. The van der Waals surface area contributed by atoms with E-state index < -0.39 is 11.4 Å². The number of amides is 1. The Kier molecular flexibility index (Phi) is 5.36. The Morgan fingerprint density at radius 1 is 1.35 bits per heavy atom. The van der Waals surface area contributed by atoms with Crippen LogP contribution in [0.5, 0.6) is 0 Å². The molecule has 0 aromatic heterocycles. The van der Waals surface area contributed by atoms with E-state index in [1.54, 1.807) is 0 Å². The van der Waals surface area contributed by atoms with Gasteiger partial charge in [-0.05, 0) is 43.9 Å². The van der Waals surface area contributed by atoms with Crippen LogP contribution >= 0.6 is 0 Å². The third kappa shape index (κ3) is 3.88. The van der Waals surface area contributed by atoms with Crippen LogP contribution in [0.2, 0.25) is 0 Å². The van der Waals surface area contributed by atoms with Gasteiger partial charge in [0, 0.05) is 23.7 Å². The van der Waals surface area contributed by atoms with Crippen LogP contribution in [0.1, 0.15) is 34.3 Å². The van der Waals surface area contributed by atoms with Crippen molar-refractivity contribution >= 4 is 11.7 Å². The minimum Gasteiger partial charge on any atom is -0.381 e. The number of benzene rings is 1. The molecule has 1 amide bonds. The van der Waals surface area contributed by atoms with Crippen molar-refractivity contribution in [3.8, 4) is 0 Å². The van der Waals surface area contributed by atoms with Gasteiger partial charge in [-0.1, -0.05) is 22.8 Å². The molecular weight excluding hydrogens is 296 g/mol. The lowest BCUT2D eigenvalue weighted by atomic mass is 9.90. The smallest absolute Gasteiger partial charge is 0.232 e. The normalized spacial score (nSPS) is 16.3. The highest BCUT2D eigenvalue weighted by molar-refractivity contribution is 6.01. The fourth-order valence-corrected chi connectivity index (χ4v) is 2.62. The molecule has 1 aromatic rings. The molecule has 1 aliphatic heterocycles. The zero-order valence-electron chi connectivity index (χ0n) is 13.3. The van der Waals surface area contributed by atoms with E-state index in [2.05, 4.69) is 15.3 Å². The minimum atomic E-state index is -1.16. The van der Waals surface area contributed by atoms with E-state index in [1.165, 1.54) is 0 Å². The second-order valence-electron chi connectivity index (χ2n) is 5.76. The molecule has 1 heterocycles. The summed E-state index contributed by atoms with van der Waals surface area (Å²) in [6.45, 7) is 4.36. The third-order valence-electron chi connectivity index (χ3n) is 4.08. The molecule has 1 saturated heterocycles. The average Bonchev–Trinajstić information content (AvgIpc) is 2.55. The van der Waals surface area contributed by atoms with Gasteiger partial charge in [0.15, 0.2) is 5.78 Å². The van der Waals surface area contributed by atoms with Gasteiger partial charge in [-0.3, -0.25) is 9.59 Å². The first-order chi connectivity index (χ1) is 11.0. The number of aryl methyl sites for hydroxylation is 2. The van der Waals surface area contributed by atoms with Crippen LogP contribution in [0.25, 0.3) is 10.4 Å². The molecule has 0 spiro atoms. The number of Topliss-reactive ketones (excluding diaryl/α,β-unsaturated/α-hetero) is 1. The summed E-state index contributed by atoms with van der Waals surface area (Å²) in [5.41, 5.74) is 10.0. The largest absolute Gasteiger partial charge is 0.381 e. The summed E-state index contributed by atoms with van der Waals surface area (Å²) in [6, 6.07) is 5.62. The molecule has 0 saturated carbocycles. The van der Waals surface area contributed by atoms with Crippen molar-refractivity contribution in [3.05, 3.63) is 45.3 Å². The van der Waals surface area contributed by atoms with Gasteiger partial charge in [0.05, 0.1) is 6.54 Å². The lowest BCUT2D eigenvalue weighted by Gasteiger charge is -2.31. The number of carbonyl (C=O) groups is 2. The molecule has 0 aliphatic carbocycles. The van der Waals surface area contributed by atoms with Crippen molar-refractivity contribution in [1.29, 1.82) is 0 Å². The fourth-order valence-electron chi connectivity index (χ4n) is 2.62. The third-order valence-corrected chi connectivity index (χ3v) is 4.08. The lowest BCUT2D eigenvalue weighted by molar-refractivity contribution is -0.129. The van der Waals surface area contributed by atoms with E-state index in [0.29, 0.717) is 31.6 Å². The quantitative estimate of drug-likeness (QED) is 0.390. The number of nitrogens with zero attached hydrogens (tertiary/aromatic N) is 3. The number of ketones is 1. The molecule has 7 heteroatoms. The first-order valence-corrected chi connectivity index (χ1v) is 7.51. The predicted octanol–water partition coefficient (Wildman–Crippen LogP) is 2.46. The molecule has 23 heavy (non-hydrogen) atoms. The zero-order chi connectivity index (χ0) is 16.9. The van der Waals surface area contributed by atoms with E-state index in [0.717, 1.165) is 11.1 Å². The number of rotatable bonds is 5. The van der Waals surface area contributed by atoms with Crippen LogP contribution in [0.15, 0.2) is 23.3 Å². The highest BCUT2D eigenvalue weighted by atomic mass is 16.5. The molecular formula is C16H20N4O3. The summed E-state index contributed by atoms with van der Waals surface area (Å²) >= 11 is 0. The Hall–Kier alpha value is -2.37. The average molecular weight is 316 g/mol. The summed E-state index contributed by atoms with van der Waals surface area (Å²) in [4.78, 5) is 27.5. The first-order valence-electron chi connectivity index (χ1n) is 7.51. The van der Waals surface area contributed by atoms with Crippen LogP contribution in [-0.4, -0.2) is 37.0 Å². The van der Waals surface area contributed by atoms with Crippen LogP contribution in [0, 0.1) is 13.8 Å². The van der Waals surface area contributed by atoms with Gasteiger partial charge in [0.1, 0.15) is 5.54 Å². The van der Waals surface area contributed by atoms with Gasteiger partial charge >= 0.3 is 0 Å². The molecule has 7 nitrogen and oxygen atoms in total. The van der Waals surface area contributed by atoms with Crippen molar-refractivity contribution in [1.82, 2.24) is 5.32 Å². The number of azide groups is 1.